The van der Waals surface area contributed by atoms with Crippen molar-refractivity contribution in [2.45, 2.75) is 38.0 Å². The van der Waals surface area contributed by atoms with Crippen LogP contribution in [-0.4, -0.2) is 30.4 Å². The van der Waals surface area contributed by atoms with Crippen LogP contribution in [0, 0.1) is 5.92 Å². The van der Waals surface area contributed by atoms with E-state index in [0.29, 0.717) is 12.8 Å². The number of hydrogen-bond donors (Lipinski definition) is 1. The van der Waals surface area contributed by atoms with Crippen LogP contribution in [0.2, 0.25) is 0 Å². The van der Waals surface area contributed by atoms with Gasteiger partial charge in [-0.15, -0.1) is 0 Å². The molecular formula is C13H16NO3. The minimum atomic E-state index is -0.606. The van der Waals surface area contributed by atoms with E-state index in [2.05, 4.69) is 11.4 Å². The van der Waals surface area contributed by atoms with Crippen molar-refractivity contribution in [2.24, 2.45) is 5.92 Å². The molecular weight excluding hydrogens is 218 g/mol. The van der Waals surface area contributed by atoms with Gasteiger partial charge in [-0.3, -0.25) is 9.59 Å². The van der Waals surface area contributed by atoms with Crippen LogP contribution in [0.3, 0.4) is 0 Å². The summed E-state index contributed by atoms with van der Waals surface area (Å²) in [7, 11) is 0. The standard InChI is InChI=1S/C13H16NO3/c1-2-10(8-15)17-12-7-9-5-3-4-6-11(9)14-13(12)16/h3-6,9-12H,2,7H2,1H3,(H,14,16). The highest BCUT2D eigenvalue weighted by Crippen LogP contribution is 2.25. The Morgan fingerprint density at radius 1 is 1.53 bits per heavy atom. The van der Waals surface area contributed by atoms with Gasteiger partial charge >= 0.3 is 0 Å². The van der Waals surface area contributed by atoms with Crippen molar-refractivity contribution in [3.63, 3.8) is 0 Å². The van der Waals surface area contributed by atoms with Crippen molar-refractivity contribution in [1.29, 1.82) is 0 Å². The number of carbonyl (C=O) groups is 1. The summed E-state index contributed by atoms with van der Waals surface area (Å²) in [5, 5.41) is 2.89. The minimum Gasteiger partial charge on any atom is -0.357 e. The Labute approximate surface area is 101 Å². The number of rotatable bonds is 4. The first-order chi connectivity index (χ1) is 8.24. The van der Waals surface area contributed by atoms with Crippen LogP contribution in [-0.2, 0) is 14.3 Å². The van der Waals surface area contributed by atoms with Gasteiger partial charge in [0.05, 0.1) is 6.04 Å². The van der Waals surface area contributed by atoms with Crippen molar-refractivity contribution in [2.75, 3.05) is 0 Å². The molecule has 2 rings (SSSR count). The summed E-state index contributed by atoms with van der Waals surface area (Å²) in [6.07, 6.45) is 9.75. The monoisotopic (exact) mass is 234 g/mol. The van der Waals surface area contributed by atoms with E-state index in [9.17, 15) is 9.59 Å². The highest BCUT2D eigenvalue weighted by molar-refractivity contribution is 5.82. The number of carbonyl (C=O) groups excluding carboxylic acids is 2. The fraction of sp³-hybridized carbons (Fsp3) is 0.538. The van der Waals surface area contributed by atoms with Crippen molar-refractivity contribution in [1.82, 2.24) is 5.32 Å². The summed E-state index contributed by atoms with van der Waals surface area (Å²) in [5.41, 5.74) is 0. The number of ether oxygens (including phenoxy) is 1. The first kappa shape index (κ1) is 12.0. The highest BCUT2D eigenvalue weighted by Gasteiger charge is 2.35. The van der Waals surface area contributed by atoms with Crippen molar-refractivity contribution in [3.8, 4) is 0 Å². The van der Waals surface area contributed by atoms with E-state index in [1.165, 1.54) is 0 Å². The number of fused-ring (bicyclic) bond motifs is 1. The van der Waals surface area contributed by atoms with E-state index in [-0.39, 0.29) is 17.9 Å². The maximum atomic E-state index is 11.8. The summed E-state index contributed by atoms with van der Waals surface area (Å²) in [4.78, 5) is 22.4. The predicted molar refractivity (Wildman–Crippen MR) is 63.0 cm³/mol. The lowest BCUT2D eigenvalue weighted by Gasteiger charge is -2.35. The molecule has 0 bridgehead atoms. The zero-order valence-corrected chi connectivity index (χ0v) is 9.76. The lowest BCUT2D eigenvalue weighted by Crippen LogP contribution is -2.52. The van der Waals surface area contributed by atoms with Gasteiger partial charge in [-0.25, -0.2) is 0 Å². The van der Waals surface area contributed by atoms with E-state index in [0.717, 1.165) is 0 Å². The van der Waals surface area contributed by atoms with Gasteiger partial charge in [-0.05, 0) is 12.8 Å². The maximum absolute atomic E-state index is 11.8. The van der Waals surface area contributed by atoms with Crippen molar-refractivity contribution < 1.29 is 14.3 Å². The molecule has 0 aromatic carbocycles. The number of piperidine rings is 1. The zero-order valence-electron chi connectivity index (χ0n) is 9.76. The summed E-state index contributed by atoms with van der Waals surface area (Å²) in [5.74, 6) is 0.117. The lowest BCUT2D eigenvalue weighted by molar-refractivity contribution is -0.139. The molecule has 1 aliphatic carbocycles. The fourth-order valence-electron chi connectivity index (χ4n) is 2.17. The molecule has 1 radical (unpaired) electrons. The SMILES string of the molecule is CCC([C]=O)OC1CC2C=CC=CC2NC1=O. The third kappa shape index (κ3) is 2.64. The molecule has 4 unspecified atom stereocenters. The fourth-order valence-corrected chi connectivity index (χ4v) is 2.17. The molecule has 4 atom stereocenters. The van der Waals surface area contributed by atoms with Gasteiger partial charge in [-0.2, -0.15) is 0 Å². The van der Waals surface area contributed by atoms with Gasteiger partial charge < -0.3 is 10.1 Å². The van der Waals surface area contributed by atoms with Gasteiger partial charge in [0.15, 0.2) is 0 Å². The van der Waals surface area contributed by atoms with E-state index in [1.54, 1.807) is 0 Å². The molecule has 0 aromatic rings. The molecule has 0 spiro atoms. The molecule has 1 aliphatic heterocycles. The molecule has 2 aliphatic rings. The Morgan fingerprint density at radius 2 is 2.29 bits per heavy atom. The summed E-state index contributed by atoms with van der Waals surface area (Å²) >= 11 is 0. The molecule has 1 amide bonds. The third-order valence-corrected chi connectivity index (χ3v) is 3.17. The molecule has 4 nitrogen and oxygen atoms in total. The van der Waals surface area contributed by atoms with Crippen LogP contribution in [0.15, 0.2) is 24.3 Å². The lowest BCUT2D eigenvalue weighted by atomic mass is 9.86. The minimum absolute atomic E-state index is 0.0626. The molecule has 1 fully saturated rings. The average molecular weight is 234 g/mol. The Hall–Kier alpha value is -1.42. The van der Waals surface area contributed by atoms with Gasteiger partial charge in [0.1, 0.15) is 12.2 Å². The third-order valence-electron chi connectivity index (χ3n) is 3.17. The van der Waals surface area contributed by atoms with Gasteiger partial charge in [0.25, 0.3) is 0 Å². The van der Waals surface area contributed by atoms with Crippen LogP contribution in [0.4, 0.5) is 0 Å². The molecule has 91 valence electrons. The Bertz CT molecular complexity index is 362. The van der Waals surface area contributed by atoms with Crippen LogP contribution < -0.4 is 5.32 Å². The molecule has 1 N–H and O–H groups in total. The van der Waals surface area contributed by atoms with Crippen molar-refractivity contribution in [3.05, 3.63) is 24.3 Å². The second-order valence-corrected chi connectivity index (χ2v) is 4.34. The maximum Gasteiger partial charge on any atom is 0.249 e. The zero-order chi connectivity index (χ0) is 12.3. The average Bonchev–Trinajstić information content (AvgIpc) is 2.36. The number of amides is 1. The Morgan fingerprint density at radius 3 is 3.00 bits per heavy atom. The van der Waals surface area contributed by atoms with E-state index >= 15 is 0 Å². The Kier molecular flexibility index (Phi) is 3.74. The van der Waals surface area contributed by atoms with Crippen LogP contribution in [0.1, 0.15) is 19.8 Å². The van der Waals surface area contributed by atoms with E-state index < -0.39 is 12.2 Å². The first-order valence-corrected chi connectivity index (χ1v) is 5.93. The van der Waals surface area contributed by atoms with Gasteiger partial charge in [-0.1, -0.05) is 31.2 Å². The molecule has 0 aromatic heterocycles. The van der Waals surface area contributed by atoms with E-state index in [1.807, 2.05) is 31.4 Å². The van der Waals surface area contributed by atoms with Crippen LogP contribution in [0.5, 0.6) is 0 Å². The summed E-state index contributed by atoms with van der Waals surface area (Å²) in [6, 6.07) is 0.0626. The van der Waals surface area contributed by atoms with Gasteiger partial charge in [0, 0.05) is 5.92 Å². The highest BCUT2D eigenvalue weighted by atomic mass is 16.5. The summed E-state index contributed by atoms with van der Waals surface area (Å²) in [6.45, 7) is 1.84. The first-order valence-electron chi connectivity index (χ1n) is 5.93. The number of allylic oxidation sites excluding steroid dienone is 2. The molecule has 1 heterocycles. The summed E-state index contributed by atoms with van der Waals surface area (Å²) < 4.78 is 5.46. The molecule has 0 saturated carbocycles. The largest absolute Gasteiger partial charge is 0.357 e. The second kappa shape index (κ2) is 5.27. The molecule has 4 heteroatoms. The second-order valence-electron chi connectivity index (χ2n) is 4.34. The van der Waals surface area contributed by atoms with Crippen molar-refractivity contribution >= 4 is 12.2 Å². The topological polar surface area (TPSA) is 55.4 Å². The quantitative estimate of drug-likeness (QED) is 0.786. The predicted octanol–water partition coefficient (Wildman–Crippen LogP) is 0.891. The Balaban J connectivity index is 2.00. The van der Waals surface area contributed by atoms with Gasteiger partial charge in [0.2, 0.25) is 12.2 Å². The van der Waals surface area contributed by atoms with Crippen LogP contribution >= 0.6 is 0 Å². The number of hydrogen-bond acceptors (Lipinski definition) is 3. The van der Waals surface area contributed by atoms with Crippen LogP contribution in [0.25, 0.3) is 0 Å². The molecule has 1 saturated heterocycles. The normalized spacial score (nSPS) is 32.8. The molecule has 17 heavy (non-hydrogen) atoms. The smallest absolute Gasteiger partial charge is 0.249 e. The van der Waals surface area contributed by atoms with E-state index in [4.69, 9.17) is 4.74 Å². The number of nitrogens with one attached hydrogen (secondary N) is 1.